The van der Waals surface area contributed by atoms with Gasteiger partial charge in [0.05, 0.1) is 17.4 Å². The standard InChI is InChI=1S/C13H18N6S/c1-3-17(4-2)7-8-18-9-14-10-5-6-11-12(13(10)18)15-16-19(11)20/h5-6,9,20H,3-4,7-8H2,1-2H3. The first kappa shape index (κ1) is 13.4. The van der Waals surface area contributed by atoms with Gasteiger partial charge in [-0.3, -0.25) is 0 Å². The third-order valence-electron chi connectivity index (χ3n) is 3.73. The zero-order valence-electron chi connectivity index (χ0n) is 11.7. The molecule has 0 atom stereocenters. The minimum Gasteiger partial charge on any atom is -0.327 e. The van der Waals surface area contributed by atoms with E-state index in [0.29, 0.717) is 0 Å². The van der Waals surface area contributed by atoms with Crippen molar-refractivity contribution in [3.05, 3.63) is 18.5 Å². The SMILES string of the molecule is CCN(CC)CCn1cnc2ccc3c(nnn3S)c21. The van der Waals surface area contributed by atoms with Crippen molar-refractivity contribution in [3.8, 4) is 0 Å². The van der Waals surface area contributed by atoms with Crippen molar-refractivity contribution in [2.75, 3.05) is 19.6 Å². The Morgan fingerprint density at radius 3 is 2.80 bits per heavy atom. The maximum atomic E-state index is 4.45. The van der Waals surface area contributed by atoms with Crippen molar-refractivity contribution >= 4 is 34.9 Å². The molecule has 106 valence electrons. The Hall–Kier alpha value is -1.60. The number of benzene rings is 1. The first-order chi connectivity index (χ1) is 9.74. The average Bonchev–Trinajstić information content (AvgIpc) is 3.04. The van der Waals surface area contributed by atoms with Crippen molar-refractivity contribution in [2.24, 2.45) is 0 Å². The van der Waals surface area contributed by atoms with Crippen molar-refractivity contribution in [1.82, 2.24) is 28.9 Å². The number of likely N-dealkylation sites (N-methyl/N-ethyl adjacent to an activating group) is 1. The van der Waals surface area contributed by atoms with Gasteiger partial charge in [-0.15, -0.1) is 5.10 Å². The lowest BCUT2D eigenvalue weighted by Gasteiger charge is -2.18. The summed E-state index contributed by atoms with van der Waals surface area (Å²) in [5.41, 5.74) is 3.75. The summed E-state index contributed by atoms with van der Waals surface area (Å²) >= 11 is 4.26. The van der Waals surface area contributed by atoms with Gasteiger partial charge in [-0.25, -0.2) is 4.98 Å². The molecule has 0 aliphatic rings. The van der Waals surface area contributed by atoms with Crippen LogP contribution in [0, 0.1) is 0 Å². The Morgan fingerprint density at radius 1 is 1.25 bits per heavy atom. The van der Waals surface area contributed by atoms with E-state index in [1.807, 2.05) is 18.5 Å². The minimum atomic E-state index is 0.856. The maximum absolute atomic E-state index is 4.45. The fourth-order valence-electron chi connectivity index (χ4n) is 2.49. The van der Waals surface area contributed by atoms with Crippen LogP contribution >= 0.6 is 12.8 Å². The van der Waals surface area contributed by atoms with Gasteiger partial charge in [0.25, 0.3) is 0 Å². The number of hydrogen-bond donors (Lipinski definition) is 1. The van der Waals surface area contributed by atoms with Gasteiger partial charge in [-0.1, -0.05) is 19.1 Å². The van der Waals surface area contributed by atoms with Crippen LogP contribution in [0.3, 0.4) is 0 Å². The molecule has 1 aromatic carbocycles. The summed E-state index contributed by atoms with van der Waals surface area (Å²) in [5, 5.41) is 8.18. The molecule has 0 spiro atoms. The number of nitrogens with zero attached hydrogens (tertiary/aromatic N) is 6. The van der Waals surface area contributed by atoms with Crippen LogP contribution in [0.1, 0.15) is 13.8 Å². The highest BCUT2D eigenvalue weighted by Gasteiger charge is 2.12. The largest absolute Gasteiger partial charge is 0.327 e. The Morgan fingerprint density at radius 2 is 2.05 bits per heavy atom. The summed E-state index contributed by atoms with van der Waals surface area (Å²) in [4.78, 5) is 6.84. The summed E-state index contributed by atoms with van der Waals surface area (Å²) in [7, 11) is 0. The molecular weight excluding hydrogens is 272 g/mol. The van der Waals surface area contributed by atoms with E-state index in [0.717, 1.165) is 48.2 Å². The zero-order valence-corrected chi connectivity index (χ0v) is 12.6. The third-order valence-corrected chi connectivity index (χ3v) is 4.02. The monoisotopic (exact) mass is 290 g/mol. The normalized spacial score (nSPS) is 12.0. The molecular formula is C13H18N6S. The molecule has 0 fully saturated rings. The van der Waals surface area contributed by atoms with E-state index in [-0.39, 0.29) is 0 Å². The van der Waals surface area contributed by atoms with E-state index in [1.54, 1.807) is 0 Å². The molecule has 3 aromatic rings. The van der Waals surface area contributed by atoms with Gasteiger partial charge in [0.1, 0.15) is 11.0 Å². The smallest absolute Gasteiger partial charge is 0.140 e. The molecule has 20 heavy (non-hydrogen) atoms. The van der Waals surface area contributed by atoms with E-state index in [9.17, 15) is 0 Å². The van der Waals surface area contributed by atoms with Crippen LogP contribution < -0.4 is 0 Å². The Bertz CT molecular complexity index is 727. The molecule has 0 aliphatic carbocycles. The molecule has 3 rings (SSSR count). The maximum Gasteiger partial charge on any atom is 0.140 e. The van der Waals surface area contributed by atoms with E-state index < -0.39 is 0 Å². The van der Waals surface area contributed by atoms with Gasteiger partial charge >= 0.3 is 0 Å². The molecule has 7 heteroatoms. The highest BCUT2D eigenvalue weighted by molar-refractivity contribution is 7.78. The van der Waals surface area contributed by atoms with Gasteiger partial charge in [-0.05, 0) is 38.0 Å². The molecule has 0 aliphatic heterocycles. The van der Waals surface area contributed by atoms with Gasteiger partial charge in [0.15, 0.2) is 0 Å². The van der Waals surface area contributed by atoms with Gasteiger partial charge in [0, 0.05) is 13.1 Å². The van der Waals surface area contributed by atoms with E-state index in [1.165, 1.54) is 4.09 Å². The number of hydrogen-bond acceptors (Lipinski definition) is 5. The molecule has 0 radical (unpaired) electrons. The lowest BCUT2D eigenvalue weighted by atomic mass is 10.2. The van der Waals surface area contributed by atoms with Crippen molar-refractivity contribution in [3.63, 3.8) is 0 Å². The second kappa shape index (κ2) is 5.41. The van der Waals surface area contributed by atoms with Crippen LogP contribution in [0.25, 0.3) is 22.1 Å². The van der Waals surface area contributed by atoms with E-state index >= 15 is 0 Å². The highest BCUT2D eigenvalue weighted by atomic mass is 32.1. The second-order valence-electron chi connectivity index (χ2n) is 4.74. The topological polar surface area (TPSA) is 51.8 Å². The first-order valence-corrected chi connectivity index (χ1v) is 7.25. The van der Waals surface area contributed by atoms with E-state index in [4.69, 9.17) is 0 Å². The lowest BCUT2D eigenvalue weighted by Crippen LogP contribution is -2.26. The molecule has 0 N–H and O–H groups in total. The van der Waals surface area contributed by atoms with Crippen molar-refractivity contribution in [2.45, 2.75) is 20.4 Å². The Kier molecular flexibility index (Phi) is 3.62. The average molecular weight is 290 g/mol. The van der Waals surface area contributed by atoms with Crippen molar-refractivity contribution < 1.29 is 0 Å². The second-order valence-corrected chi connectivity index (χ2v) is 5.12. The molecule has 2 aromatic heterocycles. The van der Waals surface area contributed by atoms with Crippen molar-refractivity contribution in [1.29, 1.82) is 0 Å². The predicted molar refractivity (Wildman–Crippen MR) is 83.0 cm³/mol. The first-order valence-electron chi connectivity index (χ1n) is 6.85. The highest BCUT2D eigenvalue weighted by Crippen LogP contribution is 2.23. The van der Waals surface area contributed by atoms with Crippen LogP contribution in [0.2, 0.25) is 0 Å². The molecule has 0 unspecified atom stereocenters. The van der Waals surface area contributed by atoms with Gasteiger partial charge < -0.3 is 9.47 Å². The molecule has 2 heterocycles. The summed E-state index contributed by atoms with van der Waals surface area (Å²) in [5.74, 6) is 0. The summed E-state index contributed by atoms with van der Waals surface area (Å²) in [6.07, 6.45) is 1.88. The quantitative estimate of drug-likeness (QED) is 0.728. The third kappa shape index (κ3) is 2.16. The summed E-state index contributed by atoms with van der Waals surface area (Å²) < 4.78 is 3.65. The van der Waals surface area contributed by atoms with Gasteiger partial charge in [0.2, 0.25) is 0 Å². The molecule has 0 saturated heterocycles. The fraction of sp³-hybridized carbons (Fsp3) is 0.462. The van der Waals surface area contributed by atoms with Crippen LogP contribution in [0.5, 0.6) is 0 Å². The van der Waals surface area contributed by atoms with Crippen LogP contribution in [0.15, 0.2) is 18.5 Å². The minimum absolute atomic E-state index is 0.856. The number of rotatable bonds is 5. The number of imidazole rings is 1. The summed E-state index contributed by atoms with van der Waals surface area (Å²) in [6.45, 7) is 8.39. The van der Waals surface area contributed by atoms with Crippen LogP contribution in [-0.2, 0) is 6.54 Å². The van der Waals surface area contributed by atoms with E-state index in [2.05, 4.69) is 51.4 Å². The molecule has 0 bridgehead atoms. The predicted octanol–water partition coefficient (Wildman–Crippen LogP) is 1.82. The molecule has 0 saturated carbocycles. The number of aromatic nitrogens is 5. The number of fused-ring (bicyclic) bond motifs is 3. The fourth-order valence-corrected chi connectivity index (χ4v) is 2.69. The Balaban J connectivity index is 2.01. The van der Waals surface area contributed by atoms with Crippen LogP contribution in [0.4, 0.5) is 0 Å². The zero-order chi connectivity index (χ0) is 14.1. The molecule has 6 nitrogen and oxygen atoms in total. The summed E-state index contributed by atoms with van der Waals surface area (Å²) in [6, 6.07) is 3.94. The lowest BCUT2D eigenvalue weighted by molar-refractivity contribution is 0.292. The number of thiol groups is 1. The van der Waals surface area contributed by atoms with Gasteiger partial charge in [-0.2, -0.15) is 4.09 Å². The molecule has 0 amide bonds. The van der Waals surface area contributed by atoms with Crippen LogP contribution in [-0.4, -0.2) is 48.5 Å². The Labute approximate surface area is 122 Å².